The fourth-order valence-corrected chi connectivity index (χ4v) is 2.26. The Hall–Kier alpha value is -1.26. The van der Waals surface area contributed by atoms with E-state index < -0.39 is 12.1 Å². The Labute approximate surface area is 154 Å². The summed E-state index contributed by atoms with van der Waals surface area (Å²) in [5, 5.41) is 2.68. The van der Waals surface area contributed by atoms with Gasteiger partial charge in [-0.05, 0) is 30.6 Å². The number of carbonyl (C=O) groups excluding carboxylic acids is 2. The molecule has 25 heavy (non-hydrogen) atoms. The first-order valence-corrected chi connectivity index (χ1v) is 9.75. The SMILES string of the molecule is CCCCCCC(NC(=O)OCC(C)(C)C)C(=O)OCCCC(C)C. The largest absolute Gasteiger partial charge is 0.464 e. The lowest BCUT2D eigenvalue weighted by atomic mass is 9.99. The minimum absolute atomic E-state index is 0.106. The highest BCUT2D eigenvalue weighted by Gasteiger charge is 2.23. The average molecular weight is 358 g/mol. The molecule has 1 unspecified atom stereocenters. The highest BCUT2D eigenvalue weighted by atomic mass is 16.6. The molecule has 5 heteroatoms. The highest BCUT2D eigenvalue weighted by Crippen LogP contribution is 2.13. The van der Waals surface area contributed by atoms with Crippen molar-refractivity contribution in [1.29, 1.82) is 0 Å². The van der Waals surface area contributed by atoms with Gasteiger partial charge in [0.2, 0.25) is 0 Å². The van der Waals surface area contributed by atoms with Crippen molar-refractivity contribution in [2.75, 3.05) is 13.2 Å². The van der Waals surface area contributed by atoms with Crippen molar-refractivity contribution in [3.05, 3.63) is 0 Å². The van der Waals surface area contributed by atoms with Crippen molar-refractivity contribution in [2.24, 2.45) is 11.3 Å². The summed E-state index contributed by atoms with van der Waals surface area (Å²) in [6, 6.07) is -0.622. The van der Waals surface area contributed by atoms with E-state index in [4.69, 9.17) is 9.47 Å². The number of ether oxygens (including phenoxy) is 2. The molecule has 1 atom stereocenters. The van der Waals surface area contributed by atoms with Crippen molar-refractivity contribution < 1.29 is 19.1 Å². The van der Waals surface area contributed by atoms with Gasteiger partial charge in [-0.2, -0.15) is 0 Å². The van der Waals surface area contributed by atoms with Crippen LogP contribution in [0.2, 0.25) is 0 Å². The fourth-order valence-electron chi connectivity index (χ4n) is 2.26. The van der Waals surface area contributed by atoms with Gasteiger partial charge in [0.15, 0.2) is 0 Å². The molecule has 0 aromatic rings. The zero-order valence-corrected chi connectivity index (χ0v) is 17.2. The molecule has 0 aliphatic heterocycles. The van der Waals surface area contributed by atoms with Crippen molar-refractivity contribution >= 4 is 12.1 Å². The second kappa shape index (κ2) is 13.0. The molecule has 1 amide bonds. The second-order valence-corrected chi connectivity index (χ2v) is 8.39. The molecule has 0 aliphatic rings. The summed E-state index contributed by atoms with van der Waals surface area (Å²) in [6.45, 7) is 13.1. The molecule has 0 aromatic heterocycles. The number of esters is 1. The minimum atomic E-state index is -0.622. The first-order chi connectivity index (χ1) is 11.7. The van der Waals surface area contributed by atoms with Crippen molar-refractivity contribution in [2.45, 2.75) is 92.5 Å². The van der Waals surface area contributed by atoms with E-state index in [-0.39, 0.29) is 11.4 Å². The van der Waals surface area contributed by atoms with Gasteiger partial charge in [0, 0.05) is 0 Å². The second-order valence-electron chi connectivity index (χ2n) is 8.39. The van der Waals surface area contributed by atoms with Crippen LogP contribution in [0.3, 0.4) is 0 Å². The van der Waals surface area contributed by atoms with Crippen molar-refractivity contribution in [3.63, 3.8) is 0 Å². The number of nitrogens with one attached hydrogen (secondary N) is 1. The maximum absolute atomic E-state index is 12.3. The van der Waals surface area contributed by atoms with E-state index in [1.165, 1.54) is 0 Å². The first-order valence-electron chi connectivity index (χ1n) is 9.75. The molecule has 0 spiro atoms. The first kappa shape index (κ1) is 23.7. The molecule has 0 heterocycles. The van der Waals surface area contributed by atoms with E-state index in [0.717, 1.165) is 38.5 Å². The molecule has 0 aromatic carbocycles. The van der Waals surface area contributed by atoms with Crippen LogP contribution in [0.4, 0.5) is 4.79 Å². The Morgan fingerprint density at radius 1 is 0.960 bits per heavy atom. The predicted octanol–water partition coefficient (Wildman–Crippen LogP) is 5.08. The van der Waals surface area contributed by atoms with E-state index in [0.29, 0.717) is 25.6 Å². The normalized spacial score (nSPS) is 12.8. The smallest absolute Gasteiger partial charge is 0.407 e. The molecular formula is C20H39NO4. The molecule has 148 valence electrons. The van der Waals surface area contributed by atoms with Gasteiger partial charge in [-0.25, -0.2) is 9.59 Å². The summed E-state index contributed by atoms with van der Waals surface area (Å²) in [6.07, 6.45) is 6.11. The molecular weight excluding hydrogens is 318 g/mol. The molecule has 5 nitrogen and oxygen atoms in total. The van der Waals surface area contributed by atoms with Crippen molar-refractivity contribution in [1.82, 2.24) is 5.32 Å². The summed E-state index contributed by atoms with van der Waals surface area (Å²) < 4.78 is 10.6. The lowest BCUT2D eigenvalue weighted by Crippen LogP contribution is -2.43. The van der Waals surface area contributed by atoms with Gasteiger partial charge in [-0.1, -0.05) is 67.2 Å². The van der Waals surface area contributed by atoms with Gasteiger partial charge in [-0.3, -0.25) is 0 Å². The van der Waals surface area contributed by atoms with Gasteiger partial charge in [0.1, 0.15) is 6.04 Å². The number of hydrogen-bond acceptors (Lipinski definition) is 4. The fraction of sp³-hybridized carbons (Fsp3) is 0.900. The Bertz CT molecular complexity index is 374. The van der Waals surface area contributed by atoms with Gasteiger partial charge >= 0.3 is 12.1 Å². The third kappa shape index (κ3) is 14.8. The van der Waals surface area contributed by atoms with Crippen LogP contribution < -0.4 is 5.32 Å². The van der Waals surface area contributed by atoms with Crippen LogP contribution >= 0.6 is 0 Å². The van der Waals surface area contributed by atoms with Crippen LogP contribution in [0.15, 0.2) is 0 Å². The lowest BCUT2D eigenvalue weighted by molar-refractivity contribution is -0.146. The predicted molar refractivity (Wildman–Crippen MR) is 102 cm³/mol. The molecule has 0 radical (unpaired) electrons. The van der Waals surface area contributed by atoms with E-state index in [2.05, 4.69) is 26.1 Å². The van der Waals surface area contributed by atoms with Crippen LogP contribution in [0.1, 0.15) is 86.5 Å². The minimum Gasteiger partial charge on any atom is -0.464 e. The van der Waals surface area contributed by atoms with Gasteiger partial charge in [-0.15, -0.1) is 0 Å². The number of carbonyl (C=O) groups is 2. The van der Waals surface area contributed by atoms with E-state index in [1.54, 1.807) is 0 Å². The molecule has 0 rings (SSSR count). The molecule has 1 N–H and O–H groups in total. The maximum atomic E-state index is 12.3. The topological polar surface area (TPSA) is 64.6 Å². The maximum Gasteiger partial charge on any atom is 0.407 e. The standard InChI is InChI=1S/C20H39NO4/c1-7-8-9-10-13-17(18(22)24-14-11-12-16(2)3)21-19(23)25-15-20(4,5)6/h16-17H,7-15H2,1-6H3,(H,21,23). The van der Waals surface area contributed by atoms with Gasteiger partial charge in [0.05, 0.1) is 13.2 Å². The third-order valence-corrected chi connectivity index (χ3v) is 3.73. The van der Waals surface area contributed by atoms with E-state index in [1.807, 2.05) is 20.8 Å². The monoisotopic (exact) mass is 357 g/mol. The summed E-state index contributed by atoms with van der Waals surface area (Å²) in [5.74, 6) is 0.238. The van der Waals surface area contributed by atoms with Crippen LogP contribution in [-0.4, -0.2) is 31.3 Å². The molecule has 0 fully saturated rings. The Kier molecular flexibility index (Phi) is 12.4. The lowest BCUT2D eigenvalue weighted by Gasteiger charge is -2.21. The highest BCUT2D eigenvalue weighted by molar-refractivity contribution is 5.81. The number of alkyl carbamates (subject to hydrolysis) is 1. The van der Waals surface area contributed by atoms with E-state index in [9.17, 15) is 9.59 Å². The van der Waals surface area contributed by atoms with Crippen LogP contribution in [-0.2, 0) is 14.3 Å². The summed E-state index contributed by atoms with van der Waals surface area (Å²) in [7, 11) is 0. The Balaban J connectivity index is 4.41. The van der Waals surface area contributed by atoms with Crippen LogP contribution in [0.5, 0.6) is 0 Å². The van der Waals surface area contributed by atoms with Gasteiger partial charge in [0.25, 0.3) is 0 Å². The average Bonchev–Trinajstić information content (AvgIpc) is 2.51. The number of hydrogen-bond donors (Lipinski definition) is 1. The summed E-state index contributed by atoms with van der Waals surface area (Å²) >= 11 is 0. The quantitative estimate of drug-likeness (QED) is 0.391. The van der Waals surface area contributed by atoms with Crippen LogP contribution in [0, 0.1) is 11.3 Å². The Morgan fingerprint density at radius 3 is 2.20 bits per heavy atom. The Morgan fingerprint density at radius 2 is 1.64 bits per heavy atom. The zero-order chi connectivity index (χ0) is 19.3. The summed E-state index contributed by atoms with van der Waals surface area (Å²) in [5.41, 5.74) is -0.106. The number of unbranched alkanes of at least 4 members (excludes halogenated alkanes) is 3. The van der Waals surface area contributed by atoms with E-state index >= 15 is 0 Å². The number of amides is 1. The zero-order valence-electron chi connectivity index (χ0n) is 17.2. The van der Waals surface area contributed by atoms with Crippen LogP contribution in [0.25, 0.3) is 0 Å². The molecule has 0 bridgehead atoms. The molecule has 0 saturated heterocycles. The van der Waals surface area contributed by atoms with Crippen molar-refractivity contribution in [3.8, 4) is 0 Å². The summed E-state index contributed by atoms with van der Waals surface area (Å²) in [4.78, 5) is 24.3. The third-order valence-electron chi connectivity index (χ3n) is 3.73. The molecule has 0 aliphatic carbocycles. The van der Waals surface area contributed by atoms with Gasteiger partial charge < -0.3 is 14.8 Å². The number of rotatable bonds is 12. The molecule has 0 saturated carbocycles.